The molecular formula is C20H23N3O3S. The summed E-state index contributed by atoms with van der Waals surface area (Å²) < 4.78 is 5.40. The molecular weight excluding hydrogens is 362 g/mol. The van der Waals surface area contributed by atoms with E-state index in [-0.39, 0.29) is 25.0 Å². The Balaban J connectivity index is 1.41. The maximum atomic E-state index is 13.1. The van der Waals surface area contributed by atoms with Gasteiger partial charge in [-0.05, 0) is 23.6 Å². The lowest BCUT2D eigenvalue weighted by molar-refractivity contribution is -0.160. The van der Waals surface area contributed by atoms with Crippen molar-refractivity contribution in [2.45, 2.75) is 12.6 Å². The lowest BCUT2D eigenvalue weighted by Gasteiger charge is -2.41. The largest absolute Gasteiger partial charge is 0.369 e. The highest BCUT2D eigenvalue weighted by Crippen LogP contribution is 2.20. The van der Waals surface area contributed by atoms with Crippen LogP contribution in [0.3, 0.4) is 0 Å². The van der Waals surface area contributed by atoms with Gasteiger partial charge in [-0.15, -0.1) is 11.3 Å². The van der Waals surface area contributed by atoms with Crippen LogP contribution in [0.4, 0.5) is 5.69 Å². The molecule has 0 spiro atoms. The van der Waals surface area contributed by atoms with Gasteiger partial charge in [0.05, 0.1) is 13.2 Å². The Labute approximate surface area is 162 Å². The zero-order valence-electron chi connectivity index (χ0n) is 15.1. The fourth-order valence-corrected chi connectivity index (χ4v) is 4.32. The summed E-state index contributed by atoms with van der Waals surface area (Å²) in [6.45, 7) is 3.70. The van der Waals surface area contributed by atoms with E-state index >= 15 is 0 Å². The number of para-hydroxylation sites is 1. The molecule has 1 aromatic carbocycles. The second-order valence-electron chi connectivity index (χ2n) is 6.78. The van der Waals surface area contributed by atoms with E-state index in [1.807, 2.05) is 40.6 Å². The average molecular weight is 385 g/mol. The highest BCUT2D eigenvalue weighted by atomic mass is 32.1. The van der Waals surface area contributed by atoms with Crippen molar-refractivity contribution in [3.63, 3.8) is 0 Å². The lowest BCUT2D eigenvalue weighted by atomic mass is 10.1. The van der Waals surface area contributed by atoms with E-state index in [4.69, 9.17) is 4.74 Å². The number of piperazine rings is 1. The van der Waals surface area contributed by atoms with E-state index in [9.17, 15) is 9.59 Å². The number of hydrogen-bond acceptors (Lipinski definition) is 5. The number of anilines is 1. The van der Waals surface area contributed by atoms with Gasteiger partial charge in [0.25, 0.3) is 0 Å². The number of carbonyl (C=O) groups excluding carboxylic acids is 2. The highest BCUT2D eigenvalue weighted by molar-refractivity contribution is 7.09. The van der Waals surface area contributed by atoms with Crippen molar-refractivity contribution in [1.29, 1.82) is 0 Å². The summed E-state index contributed by atoms with van der Waals surface area (Å²) in [7, 11) is 0. The molecule has 4 rings (SSSR count). The average Bonchev–Trinajstić information content (AvgIpc) is 3.23. The fraction of sp³-hybridized carbons (Fsp3) is 0.400. The summed E-state index contributed by atoms with van der Waals surface area (Å²) in [5, 5.41) is 1.99. The van der Waals surface area contributed by atoms with Gasteiger partial charge in [0, 0.05) is 36.7 Å². The van der Waals surface area contributed by atoms with E-state index < -0.39 is 6.04 Å². The van der Waals surface area contributed by atoms with Crippen molar-refractivity contribution in [1.82, 2.24) is 9.80 Å². The molecule has 6 nitrogen and oxygen atoms in total. The summed E-state index contributed by atoms with van der Waals surface area (Å²) in [6.07, 6.45) is 0. The first-order valence-corrected chi connectivity index (χ1v) is 10.1. The third-order valence-electron chi connectivity index (χ3n) is 5.10. The maximum Gasteiger partial charge on any atom is 0.249 e. The van der Waals surface area contributed by atoms with Crippen molar-refractivity contribution in [3.05, 3.63) is 52.7 Å². The Bertz CT molecular complexity index is 773. The van der Waals surface area contributed by atoms with Crippen LogP contribution < -0.4 is 4.90 Å². The standard InChI is InChI=1S/C20H23N3O3S/c24-19-15-26-14-18(23(19)13-17-7-4-12-27-17)20(25)22-10-8-21(9-11-22)16-5-2-1-3-6-16/h1-7,12,18H,8-11,13-15H2. The number of morpholine rings is 1. The molecule has 0 bridgehead atoms. The first kappa shape index (κ1) is 18.0. The Morgan fingerprint density at radius 2 is 1.85 bits per heavy atom. The molecule has 1 aromatic heterocycles. The smallest absolute Gasteiger partial charge is 0.249 e. The molecule has 2 amide bonds. The molecule has 3 heterocycles. The van der Waals surface area contributed by atoms with E-state index in [1.165, 1.54) is 5.69 Å². The second kappa shape index (κ2) is 8.10. The number of rotatable bonds is 4. The van der Waals surface area contributed by atoms with Crippen molar-refractivity contribution in [3.8, 4) is 0 Å². The molecule has 142 valence electrons. The van der Waals surface area contributed by atoms with Crippen LogP contribution in [0.15, 0.2) is 47.8 Å². The quantitative estimate of drug-likeness (QED) is 0.806. The topological polar surface area (TPSA) is 53.1 Å². The molecule has 0 saturated carbocycles. The number of amides is 2. The maximum absolute atomic E-state index is 13.1. The normalized spacial score (nSPS) is 20.8. The van der Waals surface area contributed by atoms with Gasteiger partial charge in [0.2, 0.25) is 11.8 Å². The van der Waals surface area contributed by atoms with Crippen LogP contribution in [-0.2, 0) is 20.9 Å². The van der Waals surface area contributed by atoms with E-state index in [1.54, 1.807) is 16.2 Å². The summed E-state index contributed by atoms with van der Waals surface area (Å²) >= 11 is 1.60. The number of thiophene rings is 1. The summed E-state index contributed by atoms with van der Waals surface area (Å²) in [5.41, 5.74) is 1.18. The number of carbonyl (C=O) groups is 2. The molecule has 1 unspecified atom stereocenters. The van der Waals surface area contributed by atoms with Gasteiger partial charge in [-0.3, -0.25) is 9.59 Å². The SMILES string of the molecule is O=C(C1COCC(=O)N1Cc1cccs1)N1CCN(c2ccccc2)CC1. The predicted octanol–water partition coefficient (Wildman–Crippen LogP) is 1.82. The number of benzene rings is 1. The summed E-state index contributed by atoms with van der Waals surface area (Å²) in [6, 6.07) is 13.7. The minimum absolute atomic E-state index is 0.00711. The van der Waals surface area contributed by atoms with Gasteiger partial charge in [-0.2, -0.15) is 0 Å². The van der Waals surface area contributed by atoms with Gasteiger partial charge in [0.1, 0.15) is 12.6 Å². The van der Waals surface area contributed by atoms with Crippen LogP contribution in [0, 0.1) is 0 Å². The van der Waals surface area contributed by atoms with Crippen LogP contribution in [0.1, 0.15) is 4.88 Å². The van der Waals surface area contributed by atoms with Gasteiger partial charge in [-0.25, -0.2) is 0 Å². The molecule has 0 N–H and O–H groups in total. The molecule has 2 aliphatic rings. The number of nitrogens with zero attached hydrogens (tertiary/aromatic N) is 3. The first-order valence-electron chi connectivity index (χ1n) is 9.21. The second-order valence-corrected chi connectivity index (χ2v) is 7.81. The zero-order valence-corrected chi connectivity index (χ0v) is 15.9. The minimum atomic E-state index is -0.531. The van der Waals surface area contributed by atoms with Crippen LogP contribution >= 0.6 is 11.3 Å². The molecule has 2 aromatic rings. The number of ether oxygens (including phenoxy) is 1. The van der Waals surface area contributed by atoms with Gasteiger partial charge in [-0.1, -0.05) is 24.3 Å². The minimum Gasteiger partial charge on any atom is -0.369 e. The number of hydrogen-bond donors (Lipinski definition) is 0. The Hall–Kier alpha value is -2.38. The zero-order chi connectivity index (χ0) is 18.6. The van der Waals surface area contributed by atoms with Gasteiger partial charge >= 0.3 is 0 Å². The Morgan fingerprint density at radius 1 is 1.07 bits per heavy atom. The van der Waals surface area contributed by atoms with Crippen molar-refractivity contribution in [2.75, 3.05) is 44.3 Å². The van der Waals surface area contributed by atoms with E-state index in [0.717, 1.165) is 18.0 Å². The fourth-order valence-electron chi connectivity index (χ4n) is 3.61. The lowest BCUT2D eigenvalue weighted by Crippen LogP contribution is -2.59. The molecule has 0 radical (unpaired) electrons. The van der Waals surface area contributed by atoms with Crippen molar-refractivity contribution < 1.29 is 14.3 Å². The predicted molar refractivity (Wildman–Crippen MR) is 105 cm³/mol. The molecule has 27 heavy (non-hydrogen) atoms. The molecule has 2 aliphatic heterocycles. The van der Waals surface area contributed by atoms with Crippen LogP contribution in [0.25, 0.3) is 0 Å². The first-order chi connectivity index (χ1) is 13.2. The van der Waals surface area contributed by atoms with Crippen LogP contribution in [0.5, 0.6) is 0 Å². The molecule has 0 aliphatic carbocycles. The van der Waals surface area contributed by atoms with Crippen molar-refractivity contribution >= 4 is 28.8 Å². The van der Waals surface area contributed by atoms with Gasteiger partial charge < -0.3 is 19.4 Å². The van der Waals surface area contributed by atoms with Crippen molar-refractivity contribution in [2.24, 2.45) is 0 Å². The third kappa shape index (κ3) is 3.99. The van der Waals surface area contributed by atoms with Crippen LogP contribution in [-0.4, -0.2) is 67.0 Å². The van der Waals surface area contributed by atoms with Crippen LogP contribution in [0.2, 0.25) is 0 Å². The third-order valence-corrected chi connectivity index (χ3v) is 5.96. The van der Waals surface area contributed by atoms with E-state index in [0.29, 0.717) is 19.6 Å². The molecule has 1 atom stereocenters. The highest BCUT2D eigenvalue weighted by Gasteiger charge is 2.37. The Morgan fingerprint density at radius 3 is 2.56 bits per heavy atom. The molecule has 7 heteroatoms. The van der Waals surface area contributed by atoms with E-state index in [2.05, 4.69) is 17.0 Å². The summed E-state index contributed by atoms with van der Waals surface area (Å²) in [5.74, 6) is -0.122. The van der Waals surface area contributed by atoms with Gasteiger partial charge in [0.15, 0.2) is 0 Å². The monoisotopic (exact) mass is 385 g/mol. The summed E-state index contributed by atoms with van der Waals surface area (Å²) in [4.78, 5) is 32.4. The Kier molecular flexibility index (Phi) is 5.40. The molecule has 2 fully saturated rings. The molecule has 2 saturated heterocycles.